The molecule has 1 aromatic rings. The average molecular weight is 313 g/mol. The number of nitro groups is 1. The third kappa shape index (κ3) is 2.12. The minimum absolute atomic E-state index is 0.00744. The van der Waals surface area contributed by atoms with Gasteiger partial charge in [-0.2, -0.15) is 0 Å². The van der Waals surface area contributed by atoms with Gasteiger partial charge in [0.25, 0.3) is 5.69 Å². The molecule has 1 N–H and O–H groups in total. The van der Waals surface area contributed by atoms with Crippen molar-refractivity contribution >= 4 is 38.5 Å². The SMILES string of the molecule is O=[N+]([O-])c1cccc(N2C(=S)N[C@@H]3CS(=O)(=O)C[C@@H]32)c1. The van der Waals surface area contributed by atoms with Gasteiger partial charge in [0.15, 0.2) is 14.9 Å². The first-order valence-electron chi connectivity index (χ1n) is 5.92. The van der Waals surface area contributed by atoms with Crippen molar-refractivity contribution in [1.29, 1.82) is 0 Å². The van der Waals surface area contributed by atoms with Crippen molar-refractivity contribution in [3.8, 4) is 0 Å². The lowest BCUT2D eigenvalue weighted by atomic mass is 10.1. The number of nitrogens with one attached hydrogen (secondary N) is 1. The van der Waals surface area contributed by atoms with Gasteiger partial charge in [-0.15, -0.1) is 0 Å². The van der Waals surface area contributed by atoms with Gasteiger partial charge < -0.3 is 10.2 Å². The van der Waals surface area contributed by atoms with E-state index in [0.29, 0.717) is 10.8 Å². The molecule has 2 atom stereocenters. The Morgan fingerprint density at radius 2 is 2.15 bits per heavy atom. The first kappa shape index (κ1) is 13.3. The minimum atomic E-state index is -3.09. The lowest BCUT2D eigenvalue weighted by molar-refractivity contribution is -0.384. The van der Waals surface area contributed by atoms with Crippen LogP contribution in [0.4, 0.5) is 11.4 Å². The minimum Gasteiger partial charge on any atom is -0.356 e. The number of sulfone groups is 1. The van der Waals surface area contributed by atoms with E-state index in [2.05, 4.69) is 5.32 Å². The first-order valence-corrected chi connectivity index (χ1v) is 8.15. The first-order chi connectivity index (χ1) is 9.37. The molecule has 2 fully saturated rings. The van der Waals surface area contributed by atoms with Gasteiger partial charge in [0.2, 0.25) is 0 Å². The van der Waals surface area contributed by atoms with Crippen molar-refractivity contribution in [1.82, 2.24) is 5.32 Å². The van der Waals surface area contributed by atoms with Crippen molar-refractivity contribution in [2.75, 3.05) is 16.4 Å². The van der Waals surface area contributed by atoms with Gasteiger partial charge in [0.05, 0.1) is 34.2 Å². The highest BCUT2D eigenvalue weighted by Gasteiger charge is 2.47. The van der Waals surface area contributed by atoms with Crippen LogP contribution in [-0.2, 0) is 9.84 Å². The van der Waals surface area contributed by atoms with Crippen LogP contribution < -0.4 is 10.2 Å². The molecule has 2 aliphatic rings. The van der Waals surface area contributed by atoms with Crippen molar-refractivity contribution in [2.24, 2.45) is 0 Å². The van der Waals surface area contributed by atoms with E-state index in [1.54, 1.807) is 17.0 Å². The van der Waals surface area contributed by atoms with Crippen LogP contribution in [0.25, 0.3) is 0 Å². The Hall–Kier alpha value is -1.74. The number of thiocarbonyl (C=S) groups is 1. The molecule has 0 aliphatic carbocycles. The van der Waals surface area contributed by atoms with Crippen LogP contribution in [0.5, 0.6) is 0 Å². The molecule has 2 heterocycles. The van der Waals surface area contributed by atoms with E-state index in [4.69, 9.17) is 12.2 Å². The summed E-state index contributed by atoms with van der Waals surface area (Å²) in [6.45, 7) is 0. The van der Waals surface area contributed by atoms with Crippen LogP contribution in [0.15, 0.2) is 24.3 Å². The lowest BCUT2D eigenvalue weighted by Crippen LogP contribution is -2.36. The third-order valence-corrected chi connectivity index (χ3v) is 5.53. The predicted octanol–water partition coefficient (Wildman–Crippen LogP) is 0.455. The molecular formula is C11H11N3O4S2. The number of nitrogens with zero attached hydrogens (tertiary/aromatic N) is 2. The zero-order chi connectivity index (χ0) is 14.5. The van der Waals surface area contributed by atoms with Gasteiger partial charge in [-0.1, -0.05) is 6.07 Å². The summed E-state index contributed by atoms with van der Waals surface area (Å²) in [4.78, 5) is 12.0. The molecule has 3 rings (SSSR count). The summed E-state index contributed by atoms with van der Waals surface area (Å²) in [6, 6.07) is 5.50. The van der Waals surface area contributed by atoms with Gasteiger partial charge in [0, 0.05) is 12.1 Å². The van der Waals surface area contributed by atoms with E-state index >= 15 is 0 Å². The smallest absolute Gasteiger partial charge is 0.271 e. The van der Waals surface area contributed by atoms with E-state index in [-0.39, 0.29) is 29.3 Å². The van der Waals surface area contributed by atoms with Gasteiger partial charge >= 0.3 is 0 Å². The van der Waals surface area contributed by atoms with Crippen molar-refractivity contribution < 1.29 is 13.3 Å². The molecule has 0 aromatic heterocycles. The second-order valence-electron chi connectivity index (χ2n) is 4.85. The summed E-state index contributed by atoms with van der Waals surface area (Å²) in [6.07, 6.45) is 0. The molecule has 2 aliphatic heterocycles. The molecule has 0 amide bonds. The van der Waals surface area contributed by atoms with E-state index in [1.807, 2.05) is 0 Å². The molecule has 0 bridgehead atoms. The molecule has 20 heavy (non-hydrogen) atoms. The Balaban J connectivity index is 1.99. The summed E-state index contributed by atoms with van der Waals surface area (Å²) < 4.78 is 23.4. The maximum Gasteiger partial charge on any atom is 0.271 e. The zero-order valence-corrected chi connectivity index (χ0v) is 11.9. The van der Waals surface area contributed by atoms with Crippen LogP contribution in [0, 0.1) is 10.1 Å². The predicted molar refractivity (Wildman–Crippen MR) is 77.5 cm³/mol. The highest BCUT2D eigenvalue weighted by molar-refractivity contribution is 7.91. The molecule has 7 nitrogen and oxygen atoms in total. The van der Waals surface area contributed by atoms with Crippen LogP contribution in [0.3, 0.4) is 0 Å². The lowest BCUT2D eigenvalue weighted by Gasteiger charge is -2.22. The molecule has 106 valence electrons. The van der Waals surface area contributed by atoms with Crippen molar-refractivity contribution in [2.45, 2.75) is 12.1 Å². The second kappa shape index (κ2) is 4.38. The summed E-state index contributed by atoms with van der Waals surface area (Å²) in [5.41, 5.74) is 0.496. The fourth-order valence-electron chi connectivity index (χ4n) is 2.67. The number of benzene rings is 1. The summed E-state index contributed by atoms with van der Waals surface area (Å²) in [5.74, 6) is 0.0523. The maximum absolute atomic E-state index is 11.7. The normalized spacial score (nSPS) is 27.2. The van der Waals surface area contributed by atoms with Crippen LogP contribution in [0.1, 0.15) is 0 Å². The monoisotopic (exact) mass is 313 g/mol. The number of hydrogen-bond donors (Lipinski definition) is 1. The summed E-state index contributed by atoms with van der Waals surface area (Å²) >= 11 is 5.21. The molecule has 0 saturated carbocycles. The van der Waals surface area contributed by atoms with Crippen molar-refractivity contribution in [3.63, 3.8) is 0 Å². The Morgan fingerprint density at radius 1 is 1.40 bits per heavy atom. The number of non-ortho nitro benzene ring substituents is 1. The Bertz CT molecular complexity index is 703. The summed E-state index contributed by atoms with van der Waals surface area (Å²) in [5, 5.41) is 14.2. The van der Waals surface area contributed by atoms with Gasteiger partial charge in [0.1, 0.15) is 0 Å². The van der Waals surface area contributed by atoms with Gasteiger partial charge in [-0.05, 0) is 18.3 Å². The largest absolute Gasteiger partial charge is 0.356 e. The molecule has 2 saturated heterocycles. The molecular weight excluding hydrogens is 302 g/mol. The fourth-order valence-corrected chi connectivity index (χ4v) is 4.95. The number of anilines is 1. The Kier molecular flexibility index (Phi) is 2.91. The zero-order valence-electron chi connectivity index (χ0n) is 10.2. The number of hydrogen-bond acceptors (Lipinski definition) is 5. The summed E-state index contributed by atoms with van der Waals surface area (Å²) in [7, 11) is -3.09. The van der Waals surface area contributed by atoms with Crippen LogP contribution in [-0.4, -0.2) is 42.0 Å². The van der Waals surface area contributed by atoms with E-state index in [0.717, 1.165) is 0 Å². The number of fused-ring (bicyclic) bond motifs is 1. The topological polar surface area (TPSA) is 92.6 Å². The highest BCUT2D eigenvalue weighted by atomic mass is 32.2. The van der Waals surface area contributed by atoms with Gasteiger partial charge in [-0.25, -0.2) is 8.42 Å². The molecule has 9 heteroatoms. The highest BCUT2D eigenvalue weighted by Crippen LogP contribution is 2.31. The van der Waals surface area contributed by atoms with E-state index in [1.165, 1.54) is 12.1 Å². The average Bonchev–Trinajstić information content (AvgIpc) is 2.79. The standard InChI is InChI=1S/C11H11N3O4S2/c15-14(16)8-3-1-2-7(4-8)13-10-6-20(17,18)5-9(10)12-11(13)19/h1-4,9-10H,5-6H2,(H,12,19)/t9-,10+/m1/s1. The Morgan fingerprint density at radius 3 is 2.85 bits per heavy atom. The molecule has 1 aromatic carbocycles. The number of rotatable bonds is 2. The third-order valence-electron chi connectivity index (χ3n) is 3.50. The maximum atomic E-state index is 11.7. The Labute approximate surface area is 120 Å². The van der Waals surface area contributed by atoms with Crippen LogP contribution >= 0.6 is 12.2 Å². The quantitative estimate of drug-likeness (QED) is 0.481. The van der Waals surface area contributed by atoms with E-state index in [9.17, 15) is 18.5 Å². The second-order valence-corrected chi connectivity index (χ2v) is 7.39. The van der Waals surface area contributed by atoms with E-state index < -0.39 is 14.8 Å². The number of nitro benzene ring substituents is 1. The molecule has 0 unspecified atom stereocenters. The molecule has 0 spiro atoms. The fraction of sp³-hybridized carbons (Fsp3) is 0.364. The van der Waals surface area contributed by atoms with Gasteiger partial charge in [-0.3, -0.25) is 10.1 Å². The van der Waals surface area contributed by atoms with Crippen LogP contribution in [0.2, 0.25) is 0 Å². The molecule has 0 radical (unpaired) electrons. The van der Waals surface area contributed by atoms with Crippen molar-refractivity contribution in [3.05, 3.63) is 34.4 Å².